The lowest BCUT2D eigenvalue weighted by atomic mass is 9.85. The van der Waals surface area contributed by atoms with Gasteiger partial charge in [0, 0.05) is 25.3 Å². The zero-order chi connectivity index (χ0) is 21.6. The molecule has 0 bridgehead atoms. The van der Waals surface area contributed by atoms with Gasteiger partial charge in [-0.1, -0.05) is 18.9 Å². The van der Waals surface area contributed by atoms with Crippen molar-refractivity contribution >= 4 is 11.8 Å². The molecule has 0 aliphatic carbocycles. The summed E-state index contributed by atoms with van der Waals surface area (Å²) in [7, 11) is 0. The van der Waals surface area contributed by atoms with E-state index in [9.17, 15) is 22.8 Å². The van der Waals surface area contributed by atoms with Crippen LogP contribution in [0.1, 0.15) is 62.0 Å². The predicted molar refractivity (Wildman–Crippen MR) is 104 cm³/mol. The zero-order valence-corrected chi connectivity index (χ0v) is 16.9. The van der Waals surface area contributed by atoms with E-state index >= 15 is 0 Å². The van der Waals surface area contributed by atoms with Gasteiger partial charge in [0.1, 0.15) is 5.69 Å². The van der Waals surface area contributed by atoms with Crippen LogP contribution in [-0.4, -0.2) is 40.8 Å². The SMILES string of the molecule is C=C(C)CCNC(=O)[C@@H]1CCCN(C(=O)c2ncccc2C(F)(F)F)[C@@H]1CCC. The number of rotatable bonds is 7. The Morgan fingerprint density at radius 3 is 2.72 bits per heavy atom. The molecule has 29 heavy (non-hydrogen) atoms. The monoisotopic (exact) mass is 411 g/mol. The summed E-state index contributed by atoms with van der Waals surface area (Å²) in [5.41, 5.74) is -0.705. The standard InChI is InChI=1S/C21H28F3N3O2/c1-4-7-17-15(19(28)26-12-10-14(2)3)8-6-13-27(17)20(29)18-16(21(22,23)24)9-5-11-25-18/h5,9,11,15,17H,2,4,6-8,10,12-13H2,1,3H3,(H,26,28)/t15-,17-/m1/s1. The molecule has 2 rings (SSSR count). The fourth-order valence-electron chi connectivity index (χ4n) is 3.74. The summed E-state index contributed by atoms with van der Waals surface area (Å²) in [6.45, 7) is 8.37. The number of carbonyl (C=O) groups excluding carboxylic acids is 2. The molecule has 1 saturated heterocycles. The molecular formula is C21H28F3N3O2. The molecule has 1 aliphatic heterocycles. The van der Waals surface area contributed by atoms with Crippen LogP contribution in [0.4, 0.5) is 13.2 Å². The number of pyridine rings is 1. The highest BCUT2D eigenvalue weighted by molar-refractivity contribution is 5.94. The minimum atomic E-state index is -4.67. The lowest BCUT2D eigenvalue weighted by Gasteiger charge is -2.40. The molecule has 8 heteroatoms. The Hall–Kier alpha value is -2.38. The molecule has 1 N–H and O–H groups in total. The van der Waals surface area contributed by atoms with E-state index in [1.807, 2.05) is 13.8 Å². The molecule has 0 unspecified atom stereocenters. The van der Waals surface area contributed by atoms with Crippen molar-refractivity contribution in [3.8, 4) is 0 Å². The normalized spacial score (nSPS) is 19.7. The van der Waals surface area contributed by atoms with Crippen molar-refractivity contribution in [2.24, 2.45) is 5.92 Å². The van der Waals surface area contributed by atoms with Gasteiger partial charge in [0.15, 0.2) is 0 Å². The average molecular weight is 411 g/mol. The van der Waals surface area contributed by atoms with E-state index in [0.29, 0.717) is 45.2 Å². The summed E-state index contributed by atoms with van der Waals surface area (Å²) in [4.78, 5) is 30.9. The Morgan fingerprint density at radius 2 is 2.10 bits per heavy atom. The highest BCUT2D eigenvalue weighted by atomic mass is 19.4. The van der Waals surface area contributed by atoms with Crippen molar-refractivity contribution in [1.29, 1.82) is 0 Å². The van der Waals surface area contributed by atoms with Crippen molar-refractivity contribution in [2.45, 2.75) is 58.2 Å². The molecule has 1 aromatic heterocycles. The van der Waals surface area contributed by atoms with E-state index in [1.54, 1.807) is 0 Å². The summed E-state index contributed by atoms with van der Waals surface area (Å²) >= 11 is 0. The summed E-state index contributed by atoms with van der Waals surface area (Å²) in [6, 6.07) is 1.58. The molecule has 0 radical (unpaired) electrons. The van der Waals surface area contributed by atoms with Gasteiger partial charge in [0.05, 0.1) is 11.5 Å². The number of carbonyl (C=O) groups is 2. The topological polar surface area (TPSA) is 62.3 Å². The number of likely N-dealkylation sites (tertiary alicyclic amines) is 1. The number of alkyl halides is 3. The largest absolute Gasteiger partial charge is 0.418 e. The number of piperidine rings is 1. The van der Waals surface area contributed by atoms with Gasteiger partial charge in [-0.2, -0.15) is 13.2 Å². The van der Waals surface area contributed by atoms with E-state index in [4.69, 9.17) is 0 Å². The van der Waals surface area contributed by atoms with Crippen molar-refractivity contribution in [3.63, 3.8) is 0 Å². The number of amides is 2. The van der Waals surface area contributed by atoms with Crippen LogP contribution < -0.4 is 5.32 Å². The smallest absolute Gasteiger partial charge is 0.355 e. The van der Waals surface area contributed by atoms with Crippen LogP contribution in [0, 0.1) is 5.92 Å². The summed E-state index contributed by atoms with van der Waals surface area (Å²) in [5.74, 6) is -1.38. The second-order valence-corrected chi connectivity index (χ2v) is 7.50. The van der Waals surface area contributed by atoms with Crippen LogP contribution in [0.15, 0.2) is 30.5 Å². The fraction of sp³-hybridized carbons (Fsp3) is 0.571. The average Bonchev–Trinajstić information content (AvgIpc) is 2.66. The van der Waals surface area contributed by atoms with Gasteiger partial charge >= 0.3 is 6.18 Å². The Labute approximate surface area is 169 Å². The van der Waals surface area contributed by atoms with Gasteiger partial charge in [-0.15, -0.1) is 6.58 Å². The first-order chi connectivity index (χ1) is 13.7. The van der Waals surface area contributed by atoms with Crippen molar-refractivity contribution in [1.82, 2.24) is 15.2 Å². The molecule has 2 heterocycles. The minimum absolute atomic E-state index is 0.167. The van der Waals surface area contributed by atoms with E-state index in [0.717, 1.165) is 17.7 Å². The maximum Gasteiger partial charge on any atom is 0.418 e. The highest BCUT2D eigenvalue weighted by Crippen LogP contribution is 2.34. The fourth-order valence-corrected chi connectivity index (χ4v) is 3.74. The lowest BCUT2D eigenvalue weighted by molar-refractivity contribution is -0.138. The Morgan fingerprint density at radius 1 is 1.38 bits per heavy atom. The molecule has 2 amide bonds. The van der Waals surface area contributed by atoms with Crippen molar-refractivity contribution < 1.29 is 22.8 Å². The molecule has 0 aromatic carbocycles. The Kier molecular flexibility index (Phi) is 7.81. The summed E-state index contributed by atoms with van der Waals surface area (Å²) in [5, 5.41) is 2.87. The number of nitrogens with one attached hydrogen (secondary N) is 1. The Balaban J connectivity index is 2.26. The van der Waals surface area contributed by atoms with Crippen LogP contribution in [0.3, 0.4) is 0 Å². The van der Waals surface area contributed by atoms with Crippen LogP contribution in [0.25, 0.3) is 0 Å². The van der Waals surface area contributed by atoms with Crippen molar-refractivity contribution in [3.05, 3.63) is 41.7 Å². The van der Waals surface area contributed by atoms with Gasteiger partial charge in [-0.25, -0.2) is 0 Å². The molecular weight excluding hydrogens is 383 g/mol. The molecule has 5 nitrogen and oxygen atoms in total. The third-order valence-electron chi connectivity index (χ3n) is 5.13. The van der Waals surface area contributed by atoms with Gasteiger partial charge in [0.2, 0.25) is 5.91 Å². The number of nitrogens with zero attached hydrogens (tertiary/aromatic N) is 2. The molecule has 2 atom stereocenters. The lowest BCUT2D eigenvalue weighted by Crippen LogP contribution is -2.53. The third-order valence-corrected chi connectivity index (χ3v) is 5.13. The summed E-state index contributed by atoms with van der Waals surface area (Å²) < 4.78 is 40.0. The first-order valence-corrected chi connectivity index (χ1v) is 9.92. The van der Waals surface area contributed by atoms with Crippen LogP contribution in [-0.2, 0) is 11.0 Å². The molecule has 1 fully saturated rings. The molecule has 0 spiro atoms. The predicted octanol–water partition coefficient (Wildman–Crippen LogP) is 4.20. The molecule has 1 aromatic rings. The van der Waals surface area contributed by atoms with Gasteiger partial charge in [-0.05, 0) is 44.7 Å². The minimum Gasteiger partial charge on any atom is -0.355 e. The van der Waals surface area contributed by atoms with E-state index < -0.39 is 35.3 Å². The van der Waals surface area contributed by atoms with Crippen molar-refractivity contribution in [2.75, 3.05) is 13.1 Å². The maximum atomic E-state index is 13.3. The van der Waals surface area contributed by atoms with E-state index in [1.165, 1.54) is 11.1 Å². The van der Waals surface area contributed by atoms with Gasteiger partial charge < -0.3 is 10.2 Å². The van der Waals surface area contributed by atoms with Crippen LogP contribution >= 0.6 is 0 Å². The van der Waals surface area contributed by atoms with Crippen LogP contribution in [0.2, 0.25) is 0 Å². The second-order valence-electron chi connectivity index (χ2n) is 7.50. The van der Waals surface area contributed by atoms with Crippen LogP contribution in [0.5, 0.6) is 0 Å². The first-order valence-electron chi connectivity index (χ1n) is 9.92. The third kappa shape index (κ3) is 5.81. The molecule has 1 aliphatic rings. The number of hydrogen-bond donors (Lipinski definition) is 1. The summed E-state index contributed by atoms with van der Waals surface area (Å²) in [6.07, 6.45) is -0.433. The quantitative estimate of drug-likeness (QED) is 0.684. The number of hydrogen-bond acceptors (Lipinski definition) is 3. The first kappa shape index (κ1) is 22.9. The van der Waals surface area contributed by atoms with Gasteiger partial charge in [0.25, 0.3) is 5.91 Å². The number of aromatic nitrogens is 1. The molecule has 0 saturated carbocycles. The van der Waals surface area contributed by atoms with E-state index in [2.05, 4.69) is 16.9 Å². The van der Waals surface area contributed by atoms with Gasteiger partial charge in [-0.3, -0.25) is 14.6 Å². The Bertz CT molecular complexity index is 749. The maximum absolute atomic E-state index is 13.3. The molecule has 160 valence electrons. The zero-order valence-electron chi connectivity index (χ0n) is 16.9. The van der Waals surface area contributed by atoms with E-state index in [-0.39, 0.29) is 5.91 Å². The highest BCUT2D eigenvalue weighted by Gasteiger charge is 2.42. The second kappa shape index (κ2) is 9.89. The number of halogens is 3.